The topological polar surface area (TPSA) is 36.5 Å². The van der Waals surface area contributed by atoms with Crippen molar-refractivity contribution < 1.29 is 4.74 Å². The Morgan fingerprint density at radius 2 is 1.93 bits per heavy atom. The molecule has 0 aliphatic carbocycles. The lowest BCUT2D eigenvalue weighted by Gasteiger charge is -2.26. The Balaban J connectivity index is 1.82. The van der Waals surface area contributed by atoms with Gasteiger partial charge in [0.05, 0.1) is 13.2 Å². The molecule has 0 saturated carbocycles. The van der Waals surface area contributed by atoms with Crippen LogP contribution in [0.3, 0.4) is 0 Å². The fourth-order valence-electron chi connectivity index (χ4n) is 1.58. The summed E-state index contributed by atoms with van der Waals surface area (Å²) in [5.74, 6) is 0. The van der Waals surface area contributed by atoms with Crippen molar-refractivity contribution in [1.29, 1.82) is 0 Å². The number of hydrogen-bond acceptors (Lipinski definition) is 4. The highest BCUT2D eigenvalue weighted by Gasteiger charge is 2.08. The van der Waals surface area contributed by atoms with Gasteiger partial charge in [-0.2, -0.15) is 0 Å². The molecule has 0 atom stereocenters. The Labute approximate surface area is 87.0 Å². The minimum atomic E-state index is 0.903. The predicted molar refractivity (Wildman–Crippen MR) is 58.7 cm³/mol. The Morgan fingerprint density at radius 3 is 2.64 bits per heavy atom. The van der Waals surface area contributed by atoms with Crippen LogP contribution in [0.2, 0.25) is 0 Å². The molecule has 1 aliphatic rings. The van der Waals surface area contributed by atoms with E-state index in [-0.39, 0.29) is 0 Å². The third-order valence-electron chi connectivity index (χ3n) is 2.49. The standard InChI is InChI=1S/C10H23N3O/c1-11-3-2-4-12-5-6-13-7-9-14-10-8-13/h11-12H,2-10H2,1H3. The largest absolute Gasteiger partial charge is 0.379 e. The fraction of sp³-hybridized carbons (Fsp3) is 1.00. The van der Waals surface area contributed by atoms with Gasteiger partial charge in [0.2, 0.25) is 0 Å². The van der Waals surface area contributed by atoms with Gasteiger partial charge in [0.1, 0.15) is 0 Å². The van der Waals surface area contributed by atoms with Gasteiger partial charge in [0, 0.05) is 26.2 Å². The molecule has 4 nitrogen and oxygen atoms in total. The van der Waals surface area contributed by atoms with Crippen molar-refractivity contribution in [1.82, 2.24) is 15.5 Å². The molecule has 1 heterocycles. The fourth-order valence-corrected chi connectivity index (χ4v) is 1.58. The van der Waals surface area contributed by atoms with Crippen molar-refractivity contribution in [2.45, 2.75) is 6.42 Å². The summed E-state index contributed by atoms with van der Waals surface area (Å²) in [6.07, 6.45) is 1.21. The number of nitrogens with zero attached hydrogens (tertiary/aromatic N) is 1. The summed E-state index contributed by atoms with van der Waals surface area (Å²) >= 11 is 0. The first-order chi connectivity index (χ1) is 6.93. The van der Waals surface area contributed by atoms with Gasteiger partial charge in [0.25, 0.3) is 0 Å². The van der Waals surface area contributed by atoms with Crippen molar-refractivity contribution in [3.63, 3.8) is 0 Å². The predicted octanol–water partition coefficient (Wildman–Crippen LogP) is -0.482. The maximum Gasteiger partial charge on any atom is 0.0594 e. The van der Waals surface area contributed by atoms with Crippen molar-refractivity contribution in [3.05, 3.63) is 0 Å². The van der Waals surface area contributed by atoms with Gasteiger partial charge in [0.15, 0.2) is 0 Å². The number of rotatable bonds is 7. The van der Waals surface area contributed by atoms with Gasteiger partial charge in [-0.25, -0.2) is 0 Å². The molecule has 14 heavy (non-hydrogen) atoms. The molecular weight excluding hydrogens is 178 g/mol. The smallest absolute Gasteiger partial charge is 0.0594 e. The minimum absolute atomic E-state index is 0.903. The van der Waals surface area contributed by atoms with Crippen molar-refractivity contribution >= 4 is 0 Å². The van der Waals surface area contributed by atoms with Gasteiger partial charge in [-0.3, -0.25) is 4.90 Å². The molecule has 4 heteroatoms. The summed E-state index contributed by atoms with van der Waals surface area (Å²) < 4.78 is 5.29. The summed E-state index contributed by atoms with van der Waals surface area (Å²) in [7, 11) is 1.99. The highest BCUT2D eigenvalue weighted by atomic mass is 16.5. The average Bonchev–Trinajstić information content (AvgIpc) is 2.25. The highest BCUT2D eigenvalue weighted by Crippen LogP contribution is 1.94. The van der Waals surface area contributed by atoms with Crippen LogP contribution in [0.4, 0.5) is 0 Å². The summed E-state index contributed by atoms with van der Waals surface area (Å²) in [6.45, 7) is 8.47. The lowest BCUT2D eigenvalue weighted by molar-refractivity contribution is 0.0384. The van der Waals surface area contributed by atoms with Crippen LogP contribution in [0.15, 0.2) is 0 Å². The lowest BCUT2D eigenvalue weighted by Crippen LogP contribution is -2.40. The van der Waals surface area contributed by atoms with Crippen molar-refractivity contribution in [2.75, 3.05) is 59.5 Å². The van der Waals surface area contributed by atoms with Gasteiger partial charge in [-0.05, 0) is 26.6 Å². The van der Waals surface area contributed by atoms with Crippen LogP contribution < -0.4 is 10.6 Å². The molecular formula is C10H23N3O. The maximum atomic E-state index is 5.29. The zero-order valence-corrected chi connectivity index (χ0v) is 9.22. The molecule has 0 bridgehead atoms. The van der Waals surface area contributed by atoms with E-state index in [1.54, 1.807) is 0 Å². The lowest BCUT2D eigenvalue weighted by atomic mass is 10.4. The molecule has 0 aromatic carbocycles. The first kappa shape index (κ1) is 11.9. The maximum absolute atomic E-state index is 5.29. The Morgan fingerprint density at radius 1 is 1.14 bits per heavy atom. The second-order valence-corrected chi connectivity index (χ2v) is 3.66. The molecule has 2 N–H and O–H groups in total. The normalized spacial score (nSPS) is 18.6. The quantitative estimate of drug-likeness (QED) is 0.545. The summed E-state index contributed by atoms with van der Waals surface area (Å²) in [6, 6.07) is 0. The third kappa shape index (κ3) is 5.54. The summed E-state index contributed by atoms with van der Waals surface area (Å²) in [5, 5.41) is 6.59. The molecule has 0 aromatic heterocycles. The van der Waals surface area contributed by atoms with Gasteiger partial charge < -0.3 is 15.4 Å². The average molecular weight is 201 g/mol. The molecule has 1 rings (SSSR count). The van der Waals surface area contributed by atoms with E-state index in [1.165, 1.54) is 6.42 Å². The minimum Gasteiger partial charge on any atom is -0.379 e. The zero-order valence-electron chi connectivity index (χ0n) is 9.22. The van der Waals surface area contributed by atoms with Crippen LogP contribution in [0.25, 0.3) is 0 Å². The molecule has 1 aliphatic heterocycles. The highest BCUT2D eigenvalue weighted by molar-refractivity contribution is 4.63. The Kier molecular flexibility index (Phi) is 6.95. The van der Waals surface area contributed by atoms with Crippen LogP contribution in [0.5, 0.6) is 0 Å². The first-order valence-electron chi connectivity index (χ1n) is 5.59. The second-order valence-electron chi connectivity index (χ2n) is 3.66. The molecule has 0 unspecified atom stereocenters. The zero-order chi connectivity index (χ0) is 10.1. The van der Waals surface area contributed by atoms with Crippen LogP contribution in [0, 0.1) is 0 Å². The monoisotopic (exact) mass is 201 g/mol. The van der Waals surface area contributed by atoms with E-state index in [0.717, 1.165) is 52.5 Å². The van der Waals surface area contributed by atoms with E-state index < -0.39 is 0 Å². The summed E-state index contributed by atoms with van der Waals surface area (Å²) in [4.78, 5) is 2.45. The van der Waals surface area contributed by atoms with E-state index in [0.29, 0.717) is 0 Å². The molecule has 0 amide bonds. The third-order valence-corrected chi connectivity index (χ3v) is 2.49. The van der Waals surface area contributed by atoms with E-state index in [4.69, 9.17) is 4.74 Å². The molecule has 0 spiro atoms. The molecule has 1 saturated heterocycles. The van der Waals surface area contributed by atoms with E-state index in [2.05, 4.69) is 15.5 Å². The van der Waals surface area contributed by atoms with E-state index in [1.807, 2.05) is 7.05 Å². The number of hydrogen-bond donors (Lipinski definition) is 2. The van der Waals surface area contributed by atoms with Crippen molar-refractivity contribution in [2.24, 2.45) is 0 Å². The van der Waals surface area contributed by atoms with Gasteiger partial charge >= 0.3 is 0 Å². The number of ether oxygens (including phenoxy) is 1. The number of morpholine rings is 1. The first-order valence-corrected chi connectivity index (χ1v) is 5.59. The van der Waals surface area contributed by atoms with Crippen LogP contribution >= 0.6 is 0 Å². The summed E-state index contributed by atoms with van der Waals surface area (Å²) in [5.41, 5.74) is 0. The Hall–Kier alpha value is -0.160. The second kappa shape index (κ2) is 8.17. The van der Waals surface area contributed by atoms with E-state index in [9.17, 15) is 0 Å². The van der Waals surface area contributed by atoms with E-state index >= 15 is 0 Å². The van der Waals surface area contributed by atoms with Crippen LogP contribution in [-0.2, 0) is 4.74 Å². The Bertz CT molecular complexity index is 127. The molecule has 0 aromatic rings. The van der Waals surface area contributed by atoms with Crippen LogP contribution in [-0.4, -0.2) is 64.4 Å². The molecule has 1 fully saturated rings. The molecule has 0 radical (unpaired) electrons. The van der Waals surface area contributed by atoms with Crippen molar-refractivity contribution in [3.8, 4) is 0 Å². The number of nitrogens with one attached hydrogen (secondary N) is 2. The van der Waals surface area contributed by atoms with Crippen LogP contribution in [0.1, 0.15) is 6.42 Å². The van der Waals surface area contributed by atoms with Gasteiger partial charge in [-0.15, -0.1) is 0 Å². The SMILES string of the molecule is CNCCCNCCN1CCOCC1. The van der Waals surface area contributed by atoms with Gasteiger partial charge in [-0.1, -0.05) is 0 Å². The molecule has 84 valence electrons.